The molecule has 3 aromatic rings. The van der Waals surface area contributed by atoms with E-state index in [9.17, 15) is 9.59 Å². The highest BCUT2D eigenvalue weighted by Crippen LogP contribution is 2.25. The van der Waals surface area contributed by atoms with Crippen molar-refractivity contribution in [2.24, 2.45) is 0 Å². The quantitative estimate of drug-likeness (QED) is 0.292. The lowest BCUT2D eigenvalue weighted by molar-refractivity contribution is -0.142. The first-order valence-corrected chi connectivity index (χ1v) is 10.6. The molecule has 0 fully saturated rings. The molecule has 0 unspecified atom stereocenters. The maximum atomic E-state index is 11.9. The predicted molar refractivity (Wildman–Crippen MR) is 127 cm³/mol. The van der Waals surface area contributed by atoms with Gasteiger partial charge in [0.1, 0.15) is 12.4 Å². The van der Waals surface area contributed by atoms with Crippen LogP contribution < -0.4 is 10.1 Å². The zero-order valence-corrected chi connectivity index (χ0v) is 19.0. The molecule has 0 aromatic heterocycles. The topological polar surface area (TPSA) is 64.6 Å². The number of nitrogens with one attached hydrogen (secondary N) is 1. The van der Waals surface area contributed by atoms with Crippen LogP contribution in [0.3, 0.4) is 0 Å². The van der Waals surface area contributed by atoms with Crippen LogP contribution in [0.2, 0.25) is 15.1 Å². The second kappa shape index (κ2) is 11.6. The standard InChI is InChI=1S/C24H18Cl3NO4/c25-18-6-1-17(2-7-18)14-31-20-9-3-16(4-10-20)5-12-24(30)32-15-23(29)28-19-8-11-21(26)22(27)13-19/h1-13H,14-15H2,(H,28,29)/b12-5+. The first-order chi connectivity index (χ1) is 15.4. The van der Waals surface area contributed by atoms with Gasteiger partial charge in [-0.2, -0.15) is 0 Å². The van der Waals surface area contributed by atoms with Gasteiger partial charge in [-0.15, -0.1) is 0 Å². The lowest BCUT2D eigenvalue weighted by atomic mass is 10.2. The highest BCUT2D eigenvalue weighted by Gasteiger charge is 2.07. The SMILES string of the molecule is O=C(COC(=O)/C=C/c1ccc(OCc2ccc(Cl)cc2)cc1)Nc1ccc(Cl)c(Cl)c1. The molecule has 3 aromatic carbocycles. The third kappa shape index (κ3) is 7.61. The van der Waals surface area contributed by atoms with Gasteiger partial charge in [0, 0.05) is 16.8 Å². The van der Waals surface area contributed by atoms with Crippen molar-refractivity contribution < 1.29 is 19.1 Å². The molecule has 0 radical (unpaired) electrons. The third-order valence-corrected chi connectivity index (χ3v) is 5.15. The smallest absolute Gasteiger partial charge is 0.331 e. The fourth-order valence-electron chi connectivity index (χ4n) is 2.54. The predicted octanol–water partition coefficient (Wildman–Crippen LogP) is 6.42. The summed E-state index contributed by atoms with van der Waals surface area (Å²) in [5, 5.41) is 3.93. The molecular formula is C24H18Cl3NO4. The number of rotatable bonds is 8. The van der Waals surface area contributed by atoms with Crippen molar-refractivity contribution >= 4 is 58.4 Å². The average molecular weight is 491 g/mol. The van der Waals surface area contributed by atoms with E-state index in [-0.39, 0.29) is 0 Å². The summed E-state index contributed by atoms with van der Waals surface area (Å²) in [5.74, 6) is -0.441. The molecule has 0 aliphatic carbocycles. The number of carbonyl (C=O) groups is 2. The van der Waals surface area contributed by atoms with E-state index < -0.39 is 18.5 Å². The normalized spacial score (nSPS) is 10.7. The Labute approximate surface area is 200 Å². The van der Waals surface area contributed by atoms with Gasteiger partial charge in [-0.3, -0.25) is 4.79 Å². The van der Waals surface area contributed by atoms with E-state index in [2.05, 4.69) is 5.32 Å². The summed E-state index contributed by atoms with van der Waals surface area (Å²) in [6.07, 6.45) is 2.83. The number of hydrogen-bond acceptors (Lipinski definition) is 4. The molecule has 1 amide bonds. The Bertz CT molecular complexity index is 1110. The Balaban J connectivity index is 1.42. The molecule has 0 spiro atoms. The number of carbonyl (C=O) groups excluding carboxylic acids is 2. The maximum Gasteiger partial charge on any atom is 0.331 e. The molecule has 0 heterocycles. The van der Waals surface area contributed by atoms with Gasteiger partial charge in [-0.05, 0) is 59.7 Å². The van der Waals surface area contributed by atoms with Crippen LogP contribution in [0.5, 0.6) is 5.75 Å². The van der Waals surface area contributed by atoms with Gasteiger partial charge >= 0.3 is 5.97 Å². The number of benzene rings is 3. The Kier molecular flexibility index (Phi) is 8.56. The molecule has 8 heteroatoms. The molecule has 0 aliphatic rings. The minimum atomic E-state index is -0.641. The van der Waals surface area contributed by atoms with Crippen LogP contribution in [0.1, 0.15) is 11.1 Å². The number of esters is 1. The number of halogens is 3. The Morgan fingerprint density at radius 2 is 1.59 bits per heavy atom. The Morgan fingerprint density at radius 3 is 2.28 bits per heavy atom. The highest BCUT2D eigenvalue weighted by molar-refractivity contribution is 6.42. The van der Waals surface area contributed by atoms with Gasteiger partial charge in [0.05, 0.1) is 10.0 Å². The van der Waals surface area contributed by atoms with E-state index >= 15 is 0 Å². The minimum Gasteiger partial charge on any atom is -0.489 e. The monoisotopic (exact) mass is 489 g/mol. The van der Waals surface area contributed by atoms with Gasteiger partial charge in [0.25, 0.3) is 5.91 Å². The third-order valence-electron chi connectivity index (χ3n) is 4.16. The molecule has 1 N–H and O–H groups in total. The number of ether oxygens (including phenoxy) is 2. The molecule has 0 saturated heterocycles. The minimum absolute atomic E-state index is 0.311. The zero-order chi connectivity index (χ0) is 22.9. The lowest BCUT2D eigenvalue weighted by Crippen LogP contribution is -2.20. The summed E-state index contributed by atoms with van der Waals surface area (Å²) < 4.78 is 10.7. The van der Waals surface area contributed by atoms with Crippen LogP contribution in [0.15, 0.2) is 72.8 Å². The Hall–Kier alpha value is -2.99. The molecule has 0 atom stereocenters. The van der Waals surface area contributed by atoms with E-state index in [4.69, 9.17) is 44.3 Å². The molecule has 0 saturated carbocycles. The molecule has 164 valence electrons. The van der Waals surface area contributed by atoms with Crippen LogP contribution in [0, 0.1) is 0 Å². The first kappa shape index (κ1) is 23.7. The second-order valence-electron chi connectivity index (χ2n) is 6.60. The Morgan fingerprint density at radius 1 is 0.875 bits per heavy atom. The fourth-order valence-corrected chi connectivity index (χ4v) is 2.97. The van der Waals surface area contributed by atoms with Crippen molar-refractivity contribution in [1.82, 2.24) is 0 Å². The molecule has 32 heavy (non-hydrogen) atoms. The molecular weight excluding hydrogens is 473 g/mol. The van der Waals surface area contributed by atoms with E-state index in [0.29, 0.717) is 33.1 Å². The van der Waals surface area contributed by atoms with Crippen molar-refractivity contribution in [3.05, 3.63) is 99.0 Å². The molecule has 5 nitrogen and oxygen atoms in total. The number of hydrogen-bond donors (Lipinski definition) is 1. The van der Waals surface area contributed by atoms with Crippen molar-refractivity contribution in [1.29, 1.82) is 0 Å². The summed E-state index contributed by atoms with van der Waals surface area (Å²) in [7, 11) is 0. The van der Waals surface area contributed by atoms with E-state index in [0.717, 1.165) is 11.1 Å². The fraction of sp³-hybridized carbons (Fsp3) is 0.0833. The average Bonchev–Trinajstić information content (AvgIpc) is 2.79. The van der Waals surface area contributed by atoms with Crippen molar-refractivity contribution in [3.8, 4) is 5.75 Å². The van der Waals surface area contributed by atoms with Crippen molar-refractivity contribution in [2.45, 2.75) is 6.61 Å². The zero-order valence-electron chi connectivity index (χ0n) is 16.7. The number of amides is 1. The molecule has 0 bridgehead atoms. The summed E-state index contributed by atoms with van der Waals surface area (Å²) in [6.45, 7) is -0.0101. The van der Waals surface area contributed by atoms with Gasteiger partial charge in [-0.1, -0.05) is 59.1 Å². The van der Waals surface area contributed by atoms with Crippen LogP contribution in [0.4, 0.5) is 5.69 Å². The second-order valence-corrected chi connectivity index (χ2v) is 7.85. The largest absolute Gasteiger partial charge is 0.489 e. The molecule has 3 rings (SSSR count). The van der Waals surface area contributed by atoms with E-state index in [1.165, 1.54) is 12.1 Å². The van der Waals surface area contributed by atoms with Crippen LogP contribution in [0.25, 0.3) is 6.08 Å². The van der Waals surface area contributed by atoms with E-state index in [1.807, 2.05) is 24.3 Å². The van der Waals surface area contributed by atoms with Gasteiger partial charge in [0.15, 0.2) is 6.61 Å². The molecule has 0 aliphatic heterocycles. The van der Waals surface area contributed by atoms with E-state index in [1.54, 1.807) is 42.5 Å². The van der Waals surface area contributed by atoms with Crippen LogP contribution in [-0.2, 0) is 20.9 Å². The lowest BCUT2D eigenvalue weighted by Gasteiger charge is -2.07. The van der Waals surface area contributed by atoms with Crippen LogP contribution in [-0.4, -0.2) is 18.5 Å². The van der Waals surface area contributed by atoms with Gasteiger partial charge in [-0.25, -0.2) is 4.79 Å². The summed E-state index contributed by atoms with van der Waals surface area (Å²) in [4.78, 5) is 23.8. The highest BCUT2D eigenvalue weighted by atomic mass is 35.5. The number of anilines is 1. The van der Waals surface area contributed by atoms with Crippen molar-refractivity contribution in [2.75, 3.05) is 11.9 Å². The van der Waals surface area contributed by atoms with Crippen molar-refractivity contribution in [3.63, 3.8) is 0 Å². The summed E-state index contributed by atoms with van der Waals surface area (Å²) in [6, 6.07) is 19.3. The van der Waals surface area contributed by atoms with Gasteiger partial charge < -0.3 is 14.8 Å². The maximum absolute atomic E-state index is 11.9. The first-order valence-electron chi connectivity index (χ1n) is 9.46. The van der Waals surface area contributed by atoms with Crippen LogP contribution >= 0.6 is 34.8 Å². The van der Waals surface area contributed by atoms with Gasteiger partial charge in [0.2, 0.25) is 0 Å². The summed E-state index contributed by atoms with van der Waals surface area (Å²) in [5.41, 5.74) is 2.24. The summed E-state index contributed by atoms with van der Waals surface area (Å²) >= 11 is 17.6.